The predicted molar refractivity (Wildman–Crippen MR) is 104 cm³/mol. The van der Waals surface area contributed by atoms with Crippen molar-refractivity contribution in [3.8, 4) is 22.9 Å². The summed E-state index contributed by atoms with van der Waals surface area (Å²) >= 11 is 5.99. The average Bonchev–Trinajstić information content (AvgIpc) is 2.65. The molecule has 1 aromatic heterocycles. The van der Waals surface area contributed by atoms with Crippen LogP contribution in [0.5, 0.6) is 11.5 Å². The molecule has 0 aliphatic rings. The van der Waals surface area contributed by atoms with Crippen LogP contribution < -0.4 is 10.1 Å². The van der Waals surface area contributed by atoms with E-state index in [-0.39, 0.29) is 11.7 Å². The lowest BCUT2D eigenvalue weighted by molar-refractivity contribution is -0.122. The van der Waals surface area contributed by atoms with E-state index in [1.165, 1.54) is 12.4 Å². The highest BCUT2D eigenvalue weighted by Gasteiger charge is 2.16. The molecule has 0 spiro atoms. The van der Waals surface area contributed by atoms with Crippen LogP contribution in [0.15, 0.2) is 54.9 Å². The Morgan fingerprint density at radius 2 is 1.93 bits per heavy atom. The van der Waals surface area contributed by atoms with Crippen LogP contribution in [0.2, 0.25) is 5.02 Å². The first kappa shape index (κ1) is 18.7. The average molecular weight is 384 g/mol. The maximum absolute atomic E-state index is 12.3. The Morgan fingerprint density at radius 3 is 2.59 bits per heavy atom. The second kappa shape index (κ2) is 8.05. The Labute approximate surface area is 161 Å². The number of carbonyl (C=O) groups is 1. The monoisotopic (exact) mass is 383 g/mol. The summed E-state index contributed by atoms with van der Waals surface area (Å²) in [7, 11) is 0. The third kappa shape index (κ3) is 4.74. The van der Waals surface area contributed by atoms with Gasteiger partial charge in [-0.05, 0) is 49.7 Å². The number of anilines is 1. The number of nitrogens with zero attached hydrogens (tertiary/aromatic N) is 2. The Hall–Kier alpha value is -3.12. The predicted octanol–water partition coefficient (Wildman–Crippen LogP) is 4.22. The van der Waals surface area contributed by atoms with E-state index in [9.17, 15) is 9.90 Å². The van der Waals surface area contributed by atoms with E-state index in [4.69, 9.17) is 16.3 Å². The van der Waals surface area contributed by atoms with Crippen LogP contribution in [0.3, 0.4) is 0 Å². The summed E-state index contributed by atoms with van der Waals surface area (Å²) in [5, 5.41) is 12.9. The van der Waals surface area contributed by atoms with Crippen molar-refractivity contribution in [3.63, 3.8) is 0 Å². The number of aromatic hydroxyl groups is 1. The molecule has 3 aromatic rings. The molecule has 1 unspecified atom stereocenters. The molecular weight excluding hydrogens is 366 g/mol. The van der Waals surface area contributed by atoms with Gasteiger partial charge in [0, 0.05) is 10.6 Å². The molecule has 0 fully saturated rings. The zero-order valence-corrected chi connectivity index (χ0v) is 15.6. The standard InChI is InChI=1S/C20H18ClN3O3/c1-12-8-17(6-7-18(12)21)27-13(2)20(26)24-15-10-22-19(23-11-15)14-4-3-5-16(25)9-14/h3-11,13,25H,1-2H3,(H,24,26). The van der Waals surface area contributed by atoms with Crippen molar-refractivity contribution in [1.29, 1.82) is 0 Å². The lowest BCUT2D eigenvalue weighted by atomic mass is 10.2. The molecular formula is C20H18ClN3O3. The molecule has 0 bridgehead atoms. The maximum Gasteiger partial charge on any atom is 0.265 e. The summed E-state index contributed by atoms with van der Waals surface area (Å²) in [5.41, 5.74) is 2.01. The van der Waals surface area contributed by atoms with Crippen LogP contribution >= 0.6 is 11.6 Å². The number of nitrogens with one attached hydrogen (secondary N) is 1. The van der Waals surface area contributed by atoms with Gasteiger partial charge in [0.25, 0.3) is 5.91 Å². The highest BCUT2D eigenvalue weighted by Crippen LogP contribution is 2.23. The molecule has 27 heavy (non-hydrogen) atoms. The van der Waals surface area contributed by atoms with Crippen LogP contribution in [0.1, 0.15) is 12.5 Å². The zero-order chi connectivity index (χ0) is 19.4. The fraction of sp³-hybridized carbons (Fsp3) is 0.150. The molecule has 2 N–H and O–H groups in total. The Balaban J connectivity index is 1.64. The molecule has 0 saturated heterocycles. The van der Waals surface area contributed by atoms with Crippen LogP contribution in [0.4, 0.5) is 5.69 Å². The van der Waals surface area contributed by atoms with Gasteiger partial charge in [-0.3, -0.25) is 4.79 Å². The van der Waals surface area contributed by atoms with Crippen LogP contribution in [-0.4, -0.2) is 27.1 Å². The molecule has 138 valence electrons. The highest BCUT2D eigenvalue weighted by molar-refractivity contribution is 6.31. The lowest BCUT2D eigenvalue weighted by Crippen LogP contribution is -2.30. The first-order valence-corrected chi connectivity index (χ1v) is 8.65. The summed E-state index contributed by atoms with van der Waals surface area (Å²) < 4.78 is 5.65. The minimum Gasteiger partial charge on any atom is -0.508 e. The molecule has 1 heterocycles. The summed E-state index contributed by atoms with van der Waals surface area (Å²) in [6.07, 6.45) is 2.30. The number of hydrogen-bond donors (Lipinski definition) is 2. The van der Waals surface area contributed by atoms with Gasteiger partial charge in [0.2, 0.25) is 0 Å². The van der Waals surface area contributed by atoms with Crippen molar-refractivity contribution >= 4 is 23.2 Å². The number of aromatic nitrogens is 2. The van der Waals surface area contributed by atoms with E-state index in [1.807, 2.05) is 6.92 Å². The third-order valence-electron chi connectivity index (χ3n) is 3.84. The number of benzene rings is 2. The second-order valence-electron chi connectivity index (χ2n) is 6.01. The van der Waals surface area contributed by atoms with E-state index in [1.54, 1.807) is 49.4 Å². The molecule has 0 saturated carbocycles. The minimum atomic E-state index is -0.712. The number of rotatable bonds is 5. The summed E-state index contributed by atoms with van der Waals surface area (Å²) in [5.74, 6) is 0.827. The highest BCUT2D eigenvalue weighted by atomic mass is 35.5. The zero-order valence-electron chi connectivity index (χ0n) is 14.8. The smallest absolute Gasteiger partial charge is 0.265 e. The first-order valence-electron chi connectivity index (χ1n) is 8.27. The molecule has 6 nitrogen and oxygen atoms in total. The molecule has 0 aliphatic carbocycles. The van der Waals surface area contributed by atoms with E-state index in [0.717, 1.165) is 5.56 Å². The van der Waals surface area contributed by atoms with E-state index in [2.05, 4.69) is 15.3 Å². The fourth-order valence-electron chi connectivity index (χ4n) is 2.38. The van der Waals surface area contributed by atoms with Gasteiger partial charge in [0.05, 0.1) is 18.1 Å². The number of phenolic OH excluding ortho intramolecular Hbond substituents is 1. The number of aryl methyl sites for hydroxylation is 1. The van der Waals surface area contributed by atoms with Crippen molar-refractivity contribution in [2.24, 2.45) is 0 Å². The summed E-state index contributed by atoms with van der Waals surface area (Å²) in [6.45, 7) is 3.52. The van der Waals surface area contributed by atoms with Crippen molar-refractivity contribution in [3.05, 3.63) is 65.4 Å². The van der Waals surface area contributed by atoms with Crippen molar-refractivity contribution in [2.45, 2.75) is 20.0 Å². The molecule has 7 heteroatoms. The van der Waals surface area contributed by atoms with Crippen LogP contribution in [0.25, 0.3) is 11.4 Å². The number of carbonyl (C=O) groups excluding carboxylic acids is 1. The normalized spacial score (nSPS) is 11.7. The van der Waals surface area contributed by atoms with Gasteiger partial charge in [-0.15, -0.1) is 0 Å². The number of hydrogen-bond acceptors (Lipinski definition) is 5. The van der Waals surface area contributed by atoms with Gasteiger partial charge < -0.3 is 15.2 Å². The van der Waals surface area contributed by atoms with Crippen LogP contribution in [-0.2, 0) is 4.79 Å². The van der Waals surface area contributed by atoms with E-state index >= 15 is 0 Å². The van der Waals surface area contributed by atoms with Gasteiger partial charge in [-0.2, -0.15) is 0 Å². The molecule has 1 amide bonds. The summed E-state index contributed by atoms with van der Waals surface area (Å²) in [4.78, 5) is 20.7. The Bertz CT molecular complexity index is 961. The van der Waals surface area contributed by atoms with Gasteiger partial charge in [0.15, 0.2) is 11.9 Å². The topological polar surface area (TPSA) is 84.3 Å². The first-order chi connectivity index (χ1) is 12.9. The Morgan fingerprint density at radius 1 is 1.19 bits per heavy atom. The number of halogens is 1. The van der Waals surface area contributed by atoms with Gasteiger partial charge in [0.1, 0.15) is 11.5 Å². The van der Waals surface area contributed by atoms with Crippen molar-refractivity contribution in [1.82, 2.24) is 9.97 Å². The quantitative estimate of drug-likeness (QED) is 0.689. The molecule has 3 rings (SSSR count). The maximum atomic E-state index is 12.3. The van der Waals surface area contributed by atoms with E-state index < -0.39 is 6.10 Å². The SMILES string of the molecule is Cc1cc(OC(C)C(=O)Nc2cnc(-c3cccc(O)c3)nc2)ccc1Cl. The molecule has 2 aromatic carbocycles. The van der Waals surface area contributed by atoms with Crippen molar-refractivity contribution < 1.29 is 14.6 Å². The molecule has 1 atom stereocenters. The lowest BCUT2D eigenvalue weighted by Gasteiger charge is -2.15. The molecule has 0 radical (unpaired) electrons. The van der Waals surface area contributed by atoms with Crippen LogP contribution in [0, 0.1) is 6.92 Å². The van der Waals surface area contributed by atoms with Gasteiger partial charge in [-0.25, -0.2) is 9.97 Å². The van der Waals surface area contributed by atoms with Gasteiger partial charge >= 0.3 is 0 Å². The number of ether oxygens (including phenoxy) is 1. The van der Waals surface area contributed by atoms with Gasteiger partial charge in [-0.1, -0.05) is 23.7 Å². The summed E-state index contributed by atoms with van der Waals surface area (Å²) in [6, 6.07) is 11.9. The third-order valence-corrected chi connectivity index (χ3v) is 4.26. The second-order valence-corrected chi connectivity index (χ2v) is 6.41. The largest absolute Gasteiger partial charge is 0.508 e. The number of phenols is 1. The van der Waals surface area contributed by atoms with E-state index in [0.29, 0.717) is 27.8 Å². The fourth-order valence-corrected chi connectivity index (χ4v) is 2.50. The Kier molecular flexibility index (Phi) is 5.57. The minimum absolute atomic E-state index is 0.136. The molecule has 0 aliphatic heterocycles. The number of amides is 1. The van der Waals surface area contributed by atoms with Crippen molar-refractivity contribution in [2.75, 3.05) is 5.32 Å².